The van der Waals surface area contributed by atoms with Crippen molar-refractivity contribution in [3.63, 3.8) is 0 Å². The summed E-state index contributed by atoms with van der Waals surface area (Å²) in [5.74, 6) is 0.634. The number of nitrogens with zero attached hydrogens (tertiary/aromatic N) is 5. The first-order valence-electron chi connectivity index (χ1n) is 12.0. The van der Waals surface area contributed by atoms with Crippen LogP contribution in [0.25, 0.3) is 22.3 Å². The zero-order valence-corrected chi connectivity index (χ0v) is 19.8. The molecule has 10 heteroatoms. The number of rotatable bonds is 6. The zero-order chi connectivity index (χ0) is 24.8. The topological polar surface area (TPSA) is 110 Å². The lowest BCUT2D eigenvalue weighted by molar-refractivity contribution is -0.120. The van der Waals surface area contributed by atoms with Gasteiger partial charge in [0, 0.05) is 67.2 Å². The highest BCUT2D eigenvalue weighted by atomic mass is 19.1. The van der Waals surface area contributed by atoms with Crippen molar-refractivity contribution in [2.24, 2.45) is 0 Å². The second-order valence-electron chi connectivity index (χ2n) is 9.43. The number of anilines is 1. The van der Waals surface area contributed by atoms with Gasteiger partial charge in [-0.2, -0.15) is 0 Å². The molecule has 2 atom stereocenters. The number of H-pyrrole nitrogens is 1. The number of phenols is 1. The van der Waals surface area contributed by atoms with Crippen LogP contribution in [-0.4, -0.2) is 68.1 Å². The number of hydrogen-bond donors (Lipinski definition) is 3. The lowest BCUT2D eigenvalue weighted by Crippen LogP contribution is -2.68. The number of aromatic amines is 1. The van der Waals surface area contributed by atoms with Crippen molar-refractivity contribution in [2.75, 3.05) is 25.0 Å². The molecule has 1 aromatic carbocycles. The van der Waals surface area contributed by atoms with E-state index in [1.165, 1.54) is 24.5 Å². The number of carbonyl (C=O) groups excluding carboxylic acids is 1. The third kappa shape index (κ3) is 4.03. The summed E-state index contributed by atoms with van der Waals surface area (Å²) < 4.78 is 13.6. The molecular formula is C26H26FN7O2. The van der Waals surface area contributed by atoms with E-state index in [1.807, 2.05) is 24.4 Å². The van der Waals surface area contributed by atoms with Gasteiger partial charge in [0.1, 0.15) is 29.4 Å². The van der Waals surface area contributed by atoms with Crippen molar-refractivity contribution in [2.45, 2.75) is 31.5 Å². The van der Waals surface area contributed by atoms with E-state index in [-0.39, 0.29) is 23.9 Å². The van der Waals surface area contributed by atoms with E-state index < -0.39 is 0 Å². The van der Waals surface area contributed by atoms with Crippen molar-refractivity contribution >= 4 is 22.8 Å². The van der Waals surface area contributed by atoms with Gasteiger partial charge in [0.05, 0.1) is 12.1 Å². The van der Waals surface area contributed by atoms with E-state index in [4.69, 9.17) is 4.98 Å². The standard InChI is InChI=1S/C26H26FN7O2/c1-28-24(36)8-18-7-21-25(30-14-31-26(21)32-18)15-2-5-23(29-10-15)33-12-19-9-20(13-33)34(19)11-16-6-17(27)3-4-22(16)35/h2-7,10,14,19-20,35H,8-9,11-13H2,1H3,(H,28,36)(H,30,31,32). The maximum atomic E-state index is 13.6. The largest absolute Gasteiger partial charge is 0.508 e. The monoisotopic (exact) mass is 487 g/mol. The molecule has 36 heavy (non-hydrogen) atoms. The van der Waals surface area contributed by atoms with Gasteiger partial charge in [-0.1, -0.05) is 0 Å². The Bertz CT molecular complexity index is 1430. The van der Waals surface area contributed by atoms with Gasteiger partial charge in [-0.05, 0) is 42.8 Å². The highest BCUT2D eigenvalue weighted by Gasteiger charge is 2.44. The molecule has 2 bridgehead atoms. The normalized spacial score (nSPS) is 19.3. The van der Waals surface area contributed by atoms with Crippen molar-refractivity contribution in [3.05, 3.63) is 66.0 Å². The average Bonchev–Trinajstić information content (AvgIpc) is 3.31. The number of likely N-dealkylation sites (N-methyl/N-ethyl adjacent to an activating group) is 1. The molecule has 0 spiro atoms. The number of amides is 1. The number of pyridine rings is 1. The highest BCUT2D eigenvalue weighted by molar-refractivity contribution is 5.92. The molecule has 3 aliphatic heterocycles. The van der Waals surface area contributed by atoms with Gasteiger partial charge in [-0.15, -0.1) is 0 Å². The Kier molecular flexibility index (Phi) is 5.52. The Balaban J connectivity index is 1.16. The van der Waals surface area contributed by atoms with Gasteiger partial charge in [0.2, 0.25) is 5.91 Å². The quantitative estimate of drug-likeness (QED) is 0.384. The molecule has 3 saturated heterocycles. The lowest BCUT2D eigenvalue weighted by atomic mass is 9.86. The molecule has 3 N–H and O–H groups in total. The summed E-state index contributed by atoms with van der Waals surface area (Å²) in [5, 5.41) is 13.6. The molecule has 184 valence electrons. The van der Waals surface area contributed by atoms with Crippen LogP contribution in [0.15, 0.2) is 48.9 Å². The summed E-state index contributed by atoms with van der Waals surface area (Å²) in [5.41, 5.74) is 3.73. The van der Waals surface area contributed by atoms with Gasteiger partial charge in [-0.25, -0.2) is 19.3 Å². The number of aromatic hydroxyl groups is 1. The minimum atomic E-state index is -0.331. The summed E-state index contributed by atoms with van der Waals surface area (Å²) in [6, 6.07) is 10.7. The number of carbonyl (C=O) groups is 1. The molecule has 9 nitrogen and oxygen atoms in total. The number of halogens is 1. The summed E-state index contributed by atoms with van der Waals surface area (Å²) in [7, 11) is 1.61. The molecular weight excluding hydrogens is 461 g/mol. The second-order valence-corrected chi connectivity index (χ2v) is 9.43. The van der Waals surface area contributed by atoms with Crippen molar-refractivity contribution in [1.82, 2.24) is 30.2 Å². The smallest absolute Gasteiger partial charge is 0.225 e. The molecule has 3 aromatic heterocycles. The average molecular weight is 488 g/mol. The third-order valence-electron chi connectivity index (χ3n) is 7.20. The van der Waals surface area contributed by atoms with E-state index >= 15 is 0 Å². The second kappa shape index (κ2) is 8.87. The van der Waals surface area contributed by atoms with Gasteiger partial charge >= 0.3 is 0 Å². The van der Waals surface area contributed by atoms with Crippen molar-refractivity contribution in [3.8, 4) is 17.0 Å². The van der Waals surface area contributed by atoms with Gasteiger partial charge in [0.15, 0.2) is 0 Å². The van der Waals surface area contributed by atoms with Crippen LogP contribution >= 0.6 is 0 Å². The molecule has 0 saturated carbocycles. The maximum absolute atomic E-state index is 13.6. The van der Waals surface area contributed by atoms with E-state index in [0.29, 0.717) is 29.8 Å². The minimum Gasteiger partial charge on any atom is -0.508 e. The van der Waals surface area contributed by atoms with Crippen LogP contribution in [0.4, 0.5) is 10.2 Å². The fourth-order valence-corrected chi connectivity index (χ4v) is 5.30. The SMILES string of the molecule is CNC(=O)Cc1cc2c(-c3ccc(N4CC5CC(C4)N5Cc4cc(F)ccc4O)nc3)ncnc2[nH]1. The molecule has 7 rings (SSSR count). The van der Waals surface area contributed by atoms with Crippen LogP contribution in [0.2, 0.25) is 0 Å². The van der Waals surface area contributed by atoms with Crippen LogP contribution in [0.5, 0.6) is 5.75 Å². The Labute approximate surface area is 207 Å². The van der Waals surface area contributed by atoms with E-state index in [0.717, 1.165) is 47.7 Å². The fraction of sp³-hybridized carbons (Fsp3) is 0.308. The predicted molar refractivity (Wildman–Crippen MR) is 133 cm³/mol. The highest BCUT2D eigenvalue weighted by Crippen LogP contribution is 2.37. The number of benzene rings is 1. The predicted octanol–water partition coefficient (Wildman–Crippen LogP) is 2.62. The summed E-state index contributed by atoms with van der Waals surface area (Å²) >= 11 is 0. The maximum Gasteiger partial charge on any atom is 0.225 e. The van der Waals surface area contributed by atoms with Crippen molar-refractivity contribution < 1.29 is 14.3 Å². The molecule has 2 unspecified atom stereocenters. The third-order valence-corrected chi connectivity index (χ3v) is 7.20. The first-order valence-corrected chi connectivity index (χ1v) is 12.0. The van der Waals surface area contributed by atoms with Gasteiger partial charge < -0.3 is 20.3 Å². The van der Waals surface area contributed by atoms with E-state index in [1.54, 1.807) is 7.05 Å². The Morgan fingerprint density at radius 1 is 1.17 bits per heavy atom. The number of piperazine rings is 1. The summed E-state index contributed by atoms with van der Waals surface area (Å²) in [6.45, 7) is 2.20. The molecule has 6 heterocycles. The first-order chi connectivity index (χ1) is 17.5. The van der Waals surface area contributed by atoms with Gasteiger partial charge in [-0.3, -0.25) is 9.69 Å². The fourth-order valence-electron chi connectivity index (χ4n) is 5.30. The molecule has 3 fully saturated rings. The molecule has 1 amide bonds. The first kappa shape index (κ1) is 22.4. The van der Waals surface area contributed by atoms with E-state index in [2.05, 4.69) is 30.1 Å². The number of nitrogens with one attached hydrogen (secondary N) is 2. The van der Waals surface area contributed by atoms with Crippen molar-refractivity contribution in [1.29, 1.82) is 0 Å². The van der Waals surface area contributed by atoms with E-state index in [9.17, 15) is 14.3 Å². The zero-order valence-electron chi connectivity index (χ0n) is 19.8. The molecule has 4 aromatic rings. The number of aromatic nitrogens is 4. The Morgan fingerprint density at radius 3 is 2.75 bits per heavy atom. The van der Waals surface area contributed by atoms with Crippen LogP contribution in [-0.2, 0) is 17.8 Å². The summed E-state index contributed by atoms with van der Waals surface area (Å²) in [6.07, 6.45) is 4.67. The minimum absolute atomic E-state index is 0.0760. The molecule has 3 aliphatic rings. The summed E-state index contributed by atoms with van der Waals surface area (Å²) in [4.78, 5) is 33.1. The number of fused-ring (bicyclic) bond motifs is 3. The van der Waals surface area contributed by atoms with Crippen LogP contribution in [0, 0.1) is 5.82 Å². The Hall–Kier alpha value is -4.05. The number of piperidine rings is 1. The molecule has 0 aliphatic carbocycles. The van der Waals surface area contributed by atoms with Crippen LogP contribution in [0.3, 0.4) is 0 Å². The van der Waals surface area contributed by atoms with Crippen LogP contribution in [0.1, 0.15) is 17.7 Å². The number of hydrogen-bond acceptors (Lipinski definition) is 7. The van der Waals surface area contributed by atoms with Gasteiger partial charge in [0.25, 0.3) is 0 Å². The molecule has 0 radical (unpaired) electrons. The number of phenolic OH excluding ortho intramolecular Hbond substituents is 1. The Morgan fingerprint density at radius 2 is 2.00 bits per heavy atom. The lowest BCUT2D eigenvalue weighted by Gasteiger charge is -2.56. The van der Waals surface area contributed by atoms with Crippen LogP contribution < -0.4 is 10.2 Å².